The zero-order chi connectivity index (χ0) is 19.9. The van der Waals surface area contributed by atoms with Crippen molar-refractivity contribution in [2.45, 2.75) is 12.8 Å². The van der Waals surface area contributed by atoms with E-state index in [0.29, 0.717) is 11.3 Å². The van der Waals surface area contributed by atoms with Gasteiger partial charge in [-0.25, -0.2) is 9.59 Å². The van der Waals surface area contributed by atoms with Crippen LogP contribution in [0.3, 0.4) is 0 Å². The van der Waals surface area contributed by atoms with Crippen molar-refractivity contribution in [1.82, 2.24) is 0 Å². The summed E-state index contributed by atoms with van der Waals surface area (Å²) in [6.07, 6.45) is 2.00. The maximum atomic E-state index is 12.5. The van der Waals surface area contributed by atoms with Crippen molar-refractivity contribution in [3.63, 3.8) is 0 Å². The van der Waals surface area contributed by atoms with Gasteiger partial charge >= 0.3 is 11.9 Å². The van der Waals surface area contributed by atoms with Crippen LogP contribution in [0.4, 0.5) is 11.4 Å². The van der Waals surface area contributed by atoms with E-state index in [1.165, 1.54) is 12.1 Å². The van der Waals surface area contributed by atoms with Gasteiger partial charge in [0.15, 0.2) is 0 Å². The fourth-order valence-corrected chi connectivity index (χ4v) is 3.04. The summed E-state index contributed by atoms with van der Waals surface area (Å²) in [6.45, 7) is 1.33. The predicted molar refractivity (Wildman–Crippen MR) is 102 cm³/mol. The molecule has 1 heterocycles. The summed E-state index contributed by atoms with van der Waals surface area (Å²) in [4.78, 5) is 36.9. The van der Waals surface area contributed by atoms with Gasteiger partial charge in [-0.2, -0.15) is 0 Å². The first-order valence-electron chi connectivity index (χ1n) is 8.99. The predicted octanol–water partition coefficient (Wildman–Crippen LogP) is 3.21. The van der Waals surface area contributed by atoms with Crippen LogP contribution in [0.25, 0.3) is 0 Å². The third-order valence-corrected chi connectivity index (χ3v) is 4.42. The number of esters is 2. The smallest absolute Gasteiger partial charge is 0.340 e. The molecule has 8 nitrogen and oxygen atoms in total. The second kappa shape index (κ2) is 8.98. The van der Waals surface area contributed by atoms with E-state index in [4.69, 9.17) is 9.47 Å². The van der Waals surface area contributed by atoms with Crippen molar-refractivity contribution in [3.05, 3.63) is 69.8 Å². The van der Waals surface area contributed by atoms with Crippen molar-refractivity contribution < 1.29 is 24.0 Å². The molecule has 0 spiro atoms. The highest BCUT2D eigenvalue weighted by molar-refractivity contribution is 5.97. The van der Waals surface area contributed by atoms with Gasteiger partial charge in [0.05, 0.1) is 21.7 Å². The lowest BCUT2D eigenvalue weighted by atomic mass is 10.1. The Balaban J connectivity index is 1.62. The van der Waals surface area contributed by atoms with Gasteiger partial charge in [-0.1, -0.05) is 18.2 Å². The van der Waals surface area contributed by atoms with Crippen molar-refractivity contribution in [1.29, 1.82) is 0 Å². The molecule has 1 saturated heterocycles. The van der Waals surface area contributed by atoms with E-state index in [9.17, 15) is 19.7 Å². The fourth-order valence-electron chi connectivity index (χ4n) is 3.04. The molecule has 0 radical (unpaired) electrons. The molecule has 8 heteroatoms. The van der Waals surface area contributed by atoms with Gasteiger partial charge in [0.1, 0.15) is 13.2 Å². The molecule has 2 aromatic carbocycles. The number of nitro groups is 1. The number of rotatable bonds is 7. The number of nitrogens with zero attached hydrogens (tertiary/aromatic N) is 2. The molecule has 0 N–H and O–H groups in total. The molecule has 0 atom stereocenters. The van der Waals surface area contributed by atoms with Gasteiger partial charge in [0.25, 0.3) is 5.69 Å². The zero-order valence-corrected chi connectivity index (χ0v) is 15.2. The quantitative estimate of drug-likeness (QED) is 0.313. The maximum Gasteiger partial charge on any atom is 0.340 e. The first-order valence-corrected chi connectivity index (χ1v) is 8.99. The first-order chi connectivity index (χ1) is 13.6. The molecule has 28 heavy (non-hydrogen) atoms. The summed E-state index contributed by atoms with van der Waals surface area (Å²) in [5.41, 5.74) is 0.995. The Morgan fingerprint density at radius 1 is 0.964 bits per heavy atom. The summed E-state index contributed by atoms with van der Waals surface area (Å²) >= 11 is 0. The molecular formula is C20H20N2O6. The maximum absolute atomic E-state index is 12.5. The van der Waals surface area contributed by atoms with Crippen LogP contribution in [0.5, 0.6) is 0 Å². The Bertz CT molecular complexity index is 862. The van der Waals surface area contributed by atoms with Crippen LogP contribution in [0.15, 0.2) is 48.5 Å². The van der Waals surface area contributed by atoms with Gasteiger partial charge in [-0.05, 0) is 31.0 Å². The van der Waals surface area contributed by atoms with Crippen LogP contribution in [0, 0.1) is 10.1 Å². The van der Waals surface area contributed by atoms with Crippen LogP contribution in [-0.4, -0.2) is 43.2 Å². The average molecular weight is 384 g/mol. The molecule has 0 bridgehead atoms. The standard InChI is InChI=1S/C20H20N2O6/c23-19(15-6-2-1-3-7-15)27-12-13-28-20(24)17-14-16(22(25)26)8-9-18(17)21-10-4-5-11-21/h1-3,6-9,14H,4-5,10-13H2. The molecule has 146 valence electrons. The normalized spacial score (nSPS) is 13.2. The second-order valence-corrected chi connectivity index (χ2v) is 6.29. The third-order valence-electron chi connectivity index (χ3n) is 4.42. The van der Waals surface area contributed by atoms with Crippen LogP contribution in [-0.2, 0) is 9.47 Å². The SMILES string of the molecule is O=C(OCCOC(=O)c1cc([N+](=O)[O-])ccc1N1CCCC1)c1ccccc1. The highest BCUT2D eigenvalue weighted by atomic mass is 16.6. The lowest BCUT2D eigenvalue weighted by Gasteiger charge is -2.20. The molecule has 1 fully saturated rings. The van der Waals surface area contributed by atoms with E-state index in [1.54, 1.807) is 36.4 Å². The van der Waals surface area contributed by atoms with Crippen molar-refractivity contribution >= 4 is 23.3 Å². The van der Waals surface area contributed by atoms with Gasteiger partial charge < -0.3 is 14.4 Å². The number of carbonyl (C=O) groups is 2. The number of non-ortho nitro benzene ring substituents is 1. The molecular weight excluding hydrogens is 364 g/mol. The van der Waals surface area contributed by atoms with E-state index >= 15 is 0 Å². The molecule has 0 saturated carbocycles. The Labute approximate surface area is 161 Å². The van der Waals surface area contributed by atoms with Crippen molar-refractivity contribution in [2.75, 3.05) is 31.2 Å². The number of anilines is 1. The fraction of sp³-hybridized carbons (Fsp3) is 0.300. The van der Waals surface area contributed by atoms with Crippen molar-refractivity contribution in [2.24, 2.45) is 0 Å². The van der Waals surface area contributed by atoms with Gasteiger partial charge in [0.2, 0.25) is 0 Å². The molecule has 3 rings (SSSR count). The number of hydrogen-bond acceptors (Lipinski definition) is 7. The van der Waals surface area contributed by atoms with Crippen LogP contribution in [0.2, 0.25) is 0 Å². The van der Waals surface area contributed by atoms with Gasteiger partial charge in [-0.15, -0.1) is 0 Å². The molecule has 2 aromatic rings. The molecule has 1 aliphatic rings. The number of hydrogen-bond donors (Lipinski definition) is 0. The Morgan fingerprint density at radius 3 is 2.25 bits per heavy atom. The summed E-state index contributed by atoms with van der Waals surface area (Å²) in [6, 6.07) is 12.7. The third kappa shape index (κ3) is 4.64. The van der Waals surface area contributed by atoms with Crippen molar-refractivity contribution in [3.8, 4) is 0 Å². The Hall–Kier alpha value is -3.42. The molecule has 0 amide bonds. The minimum atomic E-state index is -0.679. The van der Waals surface area contributed by atoms with E-state index in [1.807, 2.05) is 4.90 Å². The summed E-state index contributed by atoms with van der Waals surface area (Å²) in [5, 5.41) is 11.1. The number of carbonyl (C=O) groups excluding carboxylic acids is 2. The molecule has 0 aromatic heterocycles. The average Bonchev–Trinajstić information content (AvgIpc) is 3.25. The highest BCUT2D eigenvalue weighted by Crippen LogP contribution is 2.28. The summed E-state index contributed by atoms with van der Waals surface area (Å²) < 4.78 is 10.3. The lowest BCUT2D eigenvalue weighted by Crippen LogP contribution is -2.22. The minimum absolute atomic E-state index is 0.104. The largest absolute Gasteiger partial charge is 0.458 e. The van der Waals surface area contributed by atoms with Crippen LogP contribution < -0.4 is 4.90 Å². The summed E-state index contributed by atoms with van der Waals surface area (Å²) in [5.74, 6) is -1.19. The Kier molecular flexibility index (Phi) is 6.21. The molecule has 1 aliphatic heterocycles. The van der Waals surface area contributed by atoms with E-state index in [2.05, 4.69) is 0 Å². The number of benzene rings is 2. The lowest BCUT2D eigenvalue weighted by molar-refractivity contribution is -0.384. The van der Waals surface area contributed by atoms with Crippen LogP contribution >= 0.6 is 0 Å². The van der Waals surface area contributed by atoms with Gasteiger partial charge in [-0.3, -0.25) is 10.1 Å². The highest BCUT2D eigenvalue weighted by Gasteiger charge is 2.23. The zero-order valence-electron chi connectivity index (χ0n) is 15.2. The second-order valence-electron chi connectivity index (χ2n) is 6.29. The number of nitro benzene ring substituents is 1. The summed E-state index contributed by atoms with van der Waals surface area (Å²) in [7, 11) is 0. The van der Waals surface area contributed by atoms with Crippen LogP contribution in [0.1, 0.15) is 33.6 Å². The topological polar surface area (TPSA) is 99.0 Å². The first kappa shape index (κ1) is 19.3. The number of ether oxygens (including phenoxy) is 2. The molecule has 0 unspecified atom stereocenters. The van der Waals surface area contributed by atoms with E-state index < -0.39 is 16.9 Å². The Morgan fingerprint density at radius 2 is 1.61 bits per heavy atom. The minimum Gasteiger partial charge on any atom is -0.458 e. The van der Waals surface area contributed by atoms with E-state index in [0.717, 1.165) is 25.9 Å². The monoisotopic (exact) mass is 384 g/mol. The van der Waals surface area contributed by atoms with E-state index in [-0.39, 0.29) is 24.5 Å². The molecule has 0 aliphatic carbocycles. The van der Waals surface area contributed by atoms with Gasteiger partial charge in [0, 0.05) is 25.2 Å².